The molecule has 2 nitrogen and oxygen atoms in total. The molecule has 0 amide bonds. The van der Waals surface area contributed by atoms with Crippen LogP contribution in [-0.4, -0.2) is 16.9 Å². The third-order valence-electron chi connectivity index (χ3n) is 12.5. The van der Waals surface area contributed by atoms with Crippen molar-refractivity contribution in [3.8, 4) is 0 Å². The van der Waals surface area contributed by atoms with Crippen molar-refractivity contribution in [3.63, 3.8) is 0 Å². The van der Waals surface area contributed by atoms with Gasteiger partial charge >= 0.3 is 5.97 Å². The zero-order chi connectivity index (χ0) is 28.8. The molecule has 4 saturated carbocycles. The third-order valence-corrected chi connectivity index (χ3v) is 13.4. The number of fused-ring (bicyclic) bond motifs is 5. The SMILES string of the molecule is CC(=O)OC1CCCC2(C)C3CCC4(C)CCC(C(C)CC=C(c5ccccc5)c5ccccc5)C4C3CCC12Cl. The maximum Gasteiger partial charge on any atom is 0.302 e. The number of carbonyl (C=O) groups excluding carboxylic acids is 1. The van der Waals surface area contributed by atoms with Crippen LogP contribution in [0.3, 0.4) is 0 Å². The van der Waals surface area contributed by atoms with Gasteiger partial charge in [0.25, 0.3) is 0 Å². The van der Waals surface area contributed by atoms with E-state index in [9.17, 15) is 4.79 Å². The van der Waals surface area contributed by atoms with Gasteiger partial charge in [-0.15, -0.1) is 11.6 Å². The minimum absolute atomic E-state index is 0.0290. The van der Waals surface area contributed by atoms with Gasteiger partial charge in [0.15, 0.2) is 0 Å². The number of ether oxygens (including phenoxy) is 1. The van der Waals surface area contributed by atoms with Crippen LogP contribution in [0, 0.1) is 40.4 Å². The van der Waals surface area contributed by atoms with Gasteiger partial charge in [0, 0.05) is 6.92 Å². The smallest absolute Gasteiger partial charge is 0.302 e. The molecule has 4 aliphatic rings. The monoisotopic (exact) mass is 572 g/mol. The number of halogens is 1. The van der Waals surface area contributed by atoms with E-state index in [1.807, 2.05) is 0 Å². The Morgan fingerprint density at radius 3 is 2.20 bits per heavy atom. The number of allylic oxidation sites excluding steroid dienone is 1. The molecule has 41 heavy (non-hydrogen) atoms. The summed E-state index contributed by atoms with van der Waals surface area (Å²) in [6.45, 7) is 9.15. The lowest BCUT2D eigenvalue weighted by molar-refractivity contribution is -0.168. The van der Waals surface area contributed by atoms with E-state index < -0.39 is 4.87 Å². The van der Waals surface area contributed by atoms with E-state index in [0.29, 0.717) is 17.3 Å². The van der Waals surface area contributed by atoms with Crippen LogP contribution in [0.25, 0.3) is 5.57 Å². The van der Waals surface area contributed by atoms with Crippen molar-refractivity contribution < 1.29 is 9.53 Å². The van der Waals surface area contributed by atoms with Crippen molar-refractivity contribution >= 4 is 23.1 Å². The van der Waals surface area contributed by atoms with Gasteiger partial charge in [0.1, 0.15) is 6.10 Å². The molecule has 9 unspecified atom stereocenters. The molecule has 0 radical (unpaired) electrons. The lowest BCUT2D eigenvalue weighted by Gasteiger charge is -2.64. The Bertz CT molecular complexity index is 1210. The Kier molecular flexibility index (Phi) is 7.94. The van der Waals surface area contributed by atoms with E-state index in [0.717, 1.165) is 43.4 Å². The summed E-state index contributed by atoms with van der Waals surface area (Å²) in [5.74, 6) is 3.31. The predicted octanol–water partition coefficient (Wildman–Crippen LogP) is 10.1. The number of carbonyl (C=O) groups is 1. The fraction of sp³-hybridized carbons (Fsp3) is 0.605. The second-order valence-corrected chi connectivity index (χ2v) is 15.2. The largest absolute Gasteiger partial charge is 0.461 e. The predicted molar refractivity (Wildman–Crippen MR) is 170 cm³/mol. The summed E-state index contributed by atoms with van der Waals surface area (Å²) < 4.78 is 5.92. The molecule has 0 saturated heterocycles. The Morgan fingerprint density at radius 1 is 0.927 bits per heavy atom. The van der Waals surface area contributed by atoms with E-state index in [-0.39, 0.29) is 17.5 Å². The summed E-state index contributed by atoms with van der Waals surface area (Å²) in [6, 6.07) is 21.8. The highest BCUT2D eigenvalue weighted by atomic mass is 35.5. The van der Waals surface area contributed by atoms with Crippen LogP contribution in [0.15, 0.2) is 66.7 Å². The molecular weight excluding hydrogens is 524 g/mol. The molecule has 0 aliphatic heterocycles. The molecule has 0 bridgehead atoms. The Hall–Kier alpha value is -2.06. The molecule has 9 atom stereocenters. The van der Waals surface area contributed by atoms with Gasteiger partial charge in [-0.2, -0.15) is 0 Å². The number of alkyl halides is 1. The van der Waals surface area contributed by atoms with Crippen molar-refractivity contribution in [3.05, 3.63) is 77.9 Å². The molecule has 4 aliphatic carbocycles. The molecule has 0 N–H and O–H groups in total. The maximum atomic E-state index is 12.0. The lowest BCUT2D eigenvalue weighted by Crippen LogP contribution is -2.64. The van der Waals surface area contributed by atoms with E-state index in [2.05, 4.69) is 87.5 Å². The first-order valence-electron chi connectivity index (χ1n) is 16.3. The standard InChI is InChI=1S/C38H49ClO2/c1-26(17-18-31(28-12-7-5-8-13-28)29-14-9-6-10-15-29)30-19-23-36(3)24-21-33-32(35(30)36)20-25-38(39)34(41-27(2)40)16-11-22-37(33,38)4/h5-10,12-15,18,26,30,32-35H,11,16-17,19-25H2,1-4H3. The highest BCUT2D eigenvalue weighted by Crippen LogP contribution is 2.70. The summed E-state index contributed by atoms with van der Waals surface area (Å²) in [4.78, 5) is 11.6. The van der Waals surface area contributed by atoms with Gasteiger partial charge in [-0.3, -0.25) is 4.79 Å². The van der Waals surface area contributed by atoms with E-state index in [1.165, 1.54) is 55.2 Å². The van der Waals surface area contributed by atoms with Gasteiger partial charge in [-0.25, -0.2) is 0 Å². The summed E-state index contributed by atoms with van der Waals surface area (Å²) in [7, 11) is 0. The molecule has 0 spiro atoms. The Balaban J connectivity index is 1.27. The second kappa shape index (κ2) is 11.2. The third kappa shape index (κ3) is 5.01. The quantitative estimate of drug-likeness (QED) is 0.254. The van der Waals surface area contributed by atoms with Crippen LogP contribution in [0.1, 0.15) is 103 Å². The first-order valence-corrected chi connectivity index (χ1v) is 16.7. The fourth-order valence-corrected chi connectivity index (χ4v) is 11.0. The van der Waals surface area contributed by atoms with E-state index >= 15 is 0 Å². The average Bonchev–Trinajstić information content (AvgIpc) is 3.33. The fourth-order valence-electron chi connectivity index (χ4n) is 10.5. The van der Waals surface area contributed by atoms with Crippen LogP contribution in [0.2, 0.25) is 0 Å². The summed E-state index contributed by atoms with van der Waals surface area (Å²) in [5.41, 5.74) is 4.44. The van der Waals surface area contributed by atoms with Crippen LogP contribution in [0.5, 0.6) is 0 Å². The van der Waals surface area contributed by atoms with E-state index in [4.69, 9.17) is 16.3 Å². The molecule has 2 aromatic carbocycles. The number of esters is 1. The first-order chi connectivity index (χ1) is 19.7. The van der Waals surface area contributed by atoms with Crippen molar-refractivity contribution in [2.75, 3.05) is 0 Å². The van der Waals surface area contributed by atoms with Crippen molar-refractivity contribution in [2.24, 2.45) is 40.4 Å². The molecule has 4 fully saturated rings. The van der Waals surface area contributed by atoms with Gasteiger partial charge in [-0.1, -0.05) is 87.5 Å². The van der Waals surface area contributed by atoms with Gasteiger partial charge in [0.05, 0.1) is 4.87 Å². The zero-order valence-corrected chi connectivity index (χ0v) is 26.3. The number of benzene rings is 2. The van der Waals surface area contributed by atoms with Crippen LogP contribution >= 0.6 is 11.6 Å². The highest BCUT2D eigenvalue weighted by Gasteiger charge is 2.66. The van der Waals surface area contributed by atoms with Gasteiger partial charge < -0.3 is 4.74 Å². The molecule has 0 heterocycles. The Morgan fingerprint density at radius 2 is 1.56 bits per heavy atom. The first kappa shape index (κ1) is 29.0. The van der Waals surface area contributed by atoms with Crippen LogP contribution in [0.4, 0.5) is 0 Å². The number of hydrogen-bond donors (Lipinski definition) is 0. The van der Waals surface area contributed by atoms with Crippen LogP contribution < -0.4 is 0 Å². The topological polar surface area (TPSA) is 26.3 Å². The summed E-state index contributed by atoms with van der Waals surface area (Å²) >= 11 is 7.64. The lowest BCUT2D eigenvalue weighted by atomic mass is 9.43. The van der Waals surface area contributed by atoms with Crippen molar-refractivity contribution in [1.82, 2.24) is 0 Å². The Labute approximate surface area is 253 Å². The molecule has 220 valence electrons. The normalized spacial score (nSPS) is 38.6. The van der Waals surface area contributed by atoms with Crippen molar-refractivity contribution in [1.29, 1.82) is 0 Å². The molecule has 2 aromatic rings. The minimum atomic E-state index is -0.422. The molecule has 0 aromatic heterocycles. The molecular formula is C38H49ClO2. The second-order valence-electron chi connectivity index (χ2n) is 14.6. The van der Waals surface area contributed by atoms with Crippen LogP contribution in [-0.2, 0) is 9.53 Å². The summed E-state index contributed by atoms with van der Waals surface area (Å²) in [5, 5.41) is 0. The zero-order valence-electron chi connectivity index (χ0n) is 25.6. The highest BCUT2D eigenvalue weighted by molar-refractivity contribution is 6.25. The summed E-state index contributed by atoms with van der Waals surface area (Å²) in [6.07, 6.45) is 14.2. The van der Waals surface area contributed by atoms with E-state index in [1.54, 1.807) is 6.92 Å². The van der Waals surface area contributed by atoms with Gasteiger partial charge in [0.2, 0.25) is 0 Å². The minimum Gasteiger partial charge on any atom is -0.461 e. The molecule has 6 rings (SSSR count). The van der Waals surface area contributed by atoms with Crippen molar-refractivity contribution in [2.45, 2.75) is 103 Å². The molecule has 3 heteroatoms. The number of rotatable bonds is 6. The maximum absolute atomic E-state index is 12.0. The van der Waals surface area contributed by atoms with Gasteiger partial charge in [-0.05, 0) is 121 Å². The number of hydrogen-bond acceptors (Lipinski definition) is 2. The average molecular weight is 573 g/mol.